The van der Waals surface area contributed by atoms with E-state index in [2.05, 4.69) is 5.32 Å². The third-order valence-electron chi connectivity index (χ3n) is 3.89. The summed E-state index contributed by atoms with van der Waals surface area (Å²) in [5, 5.41) is 3.27. The molecule has 1 N–H and O–H groups in total. The van der Waals surface area contributed by atoms with Gasteiger partial charge in [-0.15, -0.1) is 0 Å². The molecule has 2 aromatic rings. The maximum atomic E-state index is 12.6. The summed E-state index contributed by atoms with van der Waals surface area (Å²) in [5.41, 5.74) is 1.03. The van der Waals surface area contributed by atoms with E-state index in [1.165, 1.54) is 12.1 Å². The van der Waals surface area contributed by atoms with Gasteiger partial charge < -0.3 is 5.32 Å². The van der Waals surface area contributed by atoms with Crippen LogP contribution in [0, 0.1) is 0 Å². The van der Waals surface area contributed by atoms with Crippen LogP contribution in [0.5, 0.6) is 0 Å². The number of nitrogens with one attached hydrogen (secondary N) is 1. The van der Waals surface area contributed by atoms with E-state index in [-0.39, 0.29) is 26.8 Å². The van der Waals surface area contributed by atoms with Crippen LogP contribution in [0.15, 0.2) is 42.5 Å². The van der Waals surface area contributed by atoms with Crippen LogP contribution < -0.4 is 9.62 Å². The van der Waals surface area contributed by atoms with Gasteiger partial charge in [0.15, 0.2) is 0 Å². The van der Waals surface area contributed by atoms with E-state index >= 15 is 0 Å². The molecule has 0 spiro atoms. The minimum atomic E-state index is -3.79. The van der Waals surface area contributed by atoms with Crippen LogP contribution in [0.1, 0.15) is 24.9 Å². The van der Waals surface area contributed by atoms with Crippen molar-refractivity contribution in [3.05, 3.63) is 63.1 Å². The molecule has 5 nitrogen and oxygen atoms in total. The van der Waals surface area contributed by atoms with Gasteiger partial charge in [0.05, 0.1) is 33.1 Å². The lowest BCUT2D eigenvalue weighted by Crippen LogP contribution is -2.41. The lowest BCUT2D eigenvalue weighted by molar-refractivity contribution is -0.120. The lowest BCUT2D eigenvalue weighted by Gasteiger charge is -2.25. The van der Waals surface area contributed by atoms with E-state index in [0.29, 0.717) is 6.42 Å². The summed E-state index contributed by atoms with van der Waals surface area (Å²) in [7, 11) is -3.79. The van der Waals surface area contributed by atoms with Crippen LogP contribution in [-0.4, -0.2) is 27.1 Å². The molecule has 0 aliphatic heterocycles. The molecule has 0 aromatic heterocycles. The Hall–Kier alpha value is -1.47. The fraction of sp³-hybridized carbons (Fsp3) is 0.278. The number of carbonyl (C=O) groups excluding carboxylic acids is 1. The molecular formula is C18H19Cl3N2O3S. The smallest absolute Gasteiger partial charge is 0.241 e. The van der Waals surface area contributed by atoms with Crippen molar-refractivity contribution in [2.24, 2.45) is 0 Å². The number of nitrogens with zero attached hydrogens (tertiary/aromatic N) is 1. The molecular weight excluding hydrogens is 431 g/mol. The number of hydrogen-bond donors (Lipinski definition) is 1. The monoisotopic (exact) mass is 448 g/mol. The highest BCUT2D eigenvalue weighted by molar-refractivity contribution is 7.92. The number of anilines is 1. The Morgan fingerprint density at radius 2 is 1.67 bits per heavy atom. The van der Waals surface area contributed by atoms with Gasteiger partial charge in [0.25, 0.3) is 0 Å². The van der Waals surface area contributed by atoms with Gasteiger partial charge in [0.1, 0.15) is 6.54 Å². The molecule has 1 amide bonds. The molecule has 0 heterocycles. The van der Waals surface area contributed by atoms with Crippen molar-refractivity contribution in [2.75, 3.05) is 17.1 Å². The van der Waals surface area contributed by atoms with Crippen LogP contribution in [-0.2, 0) is 14.8 Å². The fourth-order valence-electron chi connectivity index (χ4n) is 2.56. The minimum absolute atomic E-state index is 0.0812. The van der Waals surface area contributed by atoms with Gasteiger partial charge in [-0.1, -0.05) is 72.1 Å². The van der Waals surface area contributed by atoms with Crippen molar-refractivity contribution in [2.45, 2.75) is 19.4 Å². The second-order valence-corrected chi connectivity index (χ2v) is 9.05. The number of carbonyl (C=O) groups is 1. The Morgan fingerprint density at radius 3 is 2.22 bits per heavy atom. The lowest BCUT2D eigenvalue weighted by atomic mass is 10.0. The molecule has 0 bridgehead atoms. The zero-order chi connectivity index (χ0) is 20.2. The van der Waals surface area contributed by atoms with Gasteiger partial charge in [0.2, 0.25) is 15.9 Å². The van der Waals surface area contributed by atoms with Crippen molar-refractivity contribution in [3.8, 4) is 0 Å². The Bertz CT molecular complexity index is 921. The molecule has 0 saturated carbocycles. The maximum absolute atomic E-state index is 12.6. The minimum Gasteiger partial charge on any atom is -0.348 e. The Balaban J connectivity index is 2.27. The van der Waals surface area contributed by atoms with Gasteiger partial charge in [-0.05, 0) is 24.1 Å². The van der Waals surface area contributed by atoms with E-state index in [0.717, 1.165) is 16.1 Å². The zero-order valence-electron chi connectivity index (χ0n) is 14.7. The summed E-state index contributed by atoms with van der Waals surface area (Å²) >= 11 is 18.0. The second-order valence-electron chi connectivity index (χ2n) is 5.93. The summed E-state index contributed by atoms with van der Waals surface area (Å²) in [6.07, 6.45) is 1.65. The molecule has 0 unspecified atom stereocenters. The van der Waals surface area contributed by atoms with Crippen molar-refractivity contribution in [1.29, 1.82) is 0 Å². The molecule has 27 heavy (non-hydrogen) atoms. The SMILES string of the molecule is CC[C@H](NC(=O)CN(c1cc(Cl)c(Cl)cc1Cl)S(C)(=O)=O)c1ccccc1. The molecule has 0 aliphatic carbocycles. The van der Waals surface area contributed by atoms with Gasteiger partial charge in [-0.25, -0.2) is 8.42 Å². The molecule has 1 atom stereocenters. The topological polar surface area (TPSA) is 66.5 Å². The van der Waals surface area contributed by atoms with Crippen LogP contribution in [0.2, 0.25) is 15.1 Å². The first kappa shape index (κ1) is 21.8. The molecule has 0 saturated heterocycles. The average molecular weight is 450 g/mol. The van der Waals surface area contributed by atoms with E-state index in [1.807, 2.05) is 37.3 Å². The Kier molecular flexibility index (Phi) is 7.40. The average Bonchev–Trinajstić information content (AvgIpc) is 2.61. The van der Waals surface area contributed by atoms with Gasteiger partial charge >= 0.3 is 0 Å². The van der Waals surface area contributed by atoms with Crippen LogP contribution in [0.25, 0.3) is 0 Å². The van der Waals surface area contributed by atoms with Crippen LogP contribution in [0.4, 0.5) is 5.69 Å². The molecule has 9 heteroatoms. The summed E-state index contributed by atoms with van der Waals surface area (Å²) in [6.45, 7) is 1.50. The highest BCUT2D eigenvalue weighted by atomic mass is 35.5. The number of rotatable bonds is 7. The van der Waals surface area contributed by atoms with Crippen molar-refractivity contribution in [1.82, 2.24) is 5.32 Å². The van der Waals surface area contributed by atoms with E-state index in [4.69, 9.17) is 34.8 Å². The first-order chi connectivity index (χ1) is 12.6. The van der Waals surface area contributed by atoms with E-state index in [1.54, 1.807) is 0 Å². The van der Waals surface area contributed by atoms with Crippen molar-refractivity contribution < 1.29 is 13.2 Å². The maximum Gasteiger partial charge on any atom is 0.241 e. The zero-order valence-corrected chi connectivity index (χ0v) is 17.8. The molecule has 2 aromatic carbocycles. The Morgan fingerprint density at radius 1 is 1.07 bits per heavy atom. The second kappa shape index (κ2) is 9.15. The normalized spacial score (nSPS) is 12.5. The quantitative estimate of drug-likeness (QED) is 0.624. The summed E-state index contributed by atoms with van der Waals surface area (Å²) in [5.74, 6) is -0.460. The van der Waals surface area contributed by atoms with E-state index < -0.39 is 22.5 Å². The first-order valence-electron chi connectivity index (χ1n) is 8.10. The third kappa shape index (κ3) is 5.75. The summed E-state index contributed by atoms with van der Waals surface area (Å²) in [4.78, 5) is 12.6. The standard InChI is InChI=1S/C18H19Cl3N2O3S/c1-3-16(12-7-5-4-6-8-12)22-18(24)11-23(27(2,25)26)17-10-14(20)13(19)9-15(17)21/h4-10,16H,3,11H2,1-2H3,(H,22,24)/t16-/m0/s1. The van der Waals surface area contributed by atoms with Gasteiger partial charge in [-0.2, -0.15) is 0 Å². The summed E-state index contributed by atoms with van der Waals surface area (Å²) in [6, 6.07) is 11.9. The Labute approximate surface area is 174 Å². The molecule has 0 fully saturated rings. The number of sulfonamides is 1. The number of hydrogen-bond acceptors (Lipinski definition) is 3. The summed E-state index contributed by atoms with van der Waals surface area (Å²) < 4.78 is 25.4. The molecule has 146 valence electrons. The highest BCUT2D eigenvalue weighted by Gasteiger charge is 2.25. The van der Waals surface area contributed by atoms with Crippen LogP contribution >= 0.6 is 34.8 Å². The van der Waals surface area contributed by atoms with E-state index in [9.17, 15) is 13.2 Å². The third-order valence-corrected chi connectivity index (χ3v) is 6.04. The van der Waals surface area contributed by atoms with Gasteiger partial charge in [-0.3, -0.25) is 9.10 Å². The highest BCUT2D eigenvalue weighted by Crippen LogP contribution is 2.35. The molecule has 2 rings (SSSR count). The largest absolute Gasteiger partial charge is 0.348 e. The van der Waals surface area contributed by atoms with Gasteiger partial charge in [0, 0.05) is 0 Å². The number of benzene rings is 2. The molecule has 0 radical (unpaired) electrons. The first-order valence-corrected chi connectivity index (χ1v) is 11.1. The van der Waals surface area contributed by atoms with Crippen molar-refractivity contribution >= 4 is 56.4 Å². The molecule has 0 aliphatic rings. The fourth-order valence-corrected chi connectivity index (χ4v) is 4.11. The number of halogens is 3. The predicted molar refractivity (Wildman–Crippen MR) is 111 cm³/mol. The van der Waals surface area contributed by atoms with Crippen LogP contribution in [0.3, 0.4) is 0 Å². The number of amides is 1. The van der Waals surface area contributed by atoms with Crippen molar-refractivity contribution in [3.63, 3.8) is 0 Å². The predicted octanol–water partition coefficient (Wildman–Crippen LogP) is 4.68.